The van der Waals surface area contributed by atoms with E-state index in [-0.39, 0.29) is 0 Å². The number of nitrogens with zero attached hydrogens (tertiary/aromatic N) is 1. The van der Waals surface area contributed by atoms with Crippen LogP contribution < -0.4 is 0 Å². The third-order valence-corrected chi connectivity index (χ3v) is 4.58. The lowest BCUT2D eigenvalue weighted by atomic mass is 10.0. The van der Waals surface area contributed by atoms with Gasteiger partial charge in [-0.25, -0.2) is 0 Å². The summed E-state index contributed by atoms with van der Waals surface area (Å²) in [5.41, 5.74) is 5.15. The fourth-order valence-electron chi connectivity index (χ4n) is 3.06. The summed E-state index contributed by atoms with van der Waals surface area (Å²) in [4.78, 5) is 13.0. The molecule has 1 saturated heterocycles. The molecular formula is C21H25NO2. The van der Waals surface area contributed by atoms with Gasteiger partial charge < -0.3 is 9.53 Å². The van der Waals surface area contributed by atoms with Crippen LogP contribution in [0.3, 0.4) is 0 Å². The van der Waals surface area contributed by atoms with Crippen molar-refractivity contribution in [2.24, 2.45) is 0 Å². The maximum atomic E-state index is 10.5. The Bertz CT molecular complexity index is 628. The summed E-state index contributed by atoms with van der Waals surface area (Å²) in [6, 6.07) is 17.4. The predicted molar refractivity (Wildman–Crippen MR) is 96.2 cm³/mol. The summed E-state index contributed by atoms with van der Waals surface area (Å²) in [5, 5.41) is 0. The van der Waals surface area contributed by atoms with Crippen molar-refractivity contribution in [2.45, 2.75) is 25.8 Å². The van der Waals surface area contributed by atoms with E-state index in [1.165, 1.54) is 16.7 Å². The molecule has 2 aromatic carbocycles. The first-order valence-electron chi connectivity index (χ1n) is 8.73. The van der Waals surface area contributed by atoms with E-state index in [4.69, 9.17) is 4.74 Å². The fourth-order valence-corrected chi connectivity index (χ4v) is 3.06. The van der Waals surface area contributed by atoms with E-state index in [0.717, 1.165) is 57.5 Å². The average molecular weight is 323 g/mol. The number of hydrogen-bond donors (Lipinski definition) is 0. The number of benzene rings is 2. The van der Waals surface area contributed by atoms with Crippen LogP contribution in [0, 0.1) is 0 Å². The number of aldehydes is 1. The largest absolute Gasteiger partial charge is 0.379 e. The maximum Gasteiger partial charge on any atom is 0.124 e. The lowest BCUT2D eigenvalue weighted by molar-refractivity contribution is -0.107. The van der Waals surface area contributed by atoms with Gasteiger partial charge in [-0.1, -0.05) is 48.5 Å². The second kappa shape index (κ2) is 8.76. The van der Waals surface area contributed by atoms with Crippen molar-refractivity contribution >= 4 is 6.29 Å². The zero-order valence-corrected chi connectivity index (χ0v) is 14.1. The van der Waals surface area contributed by atoms with Crippen LogP contribution in [0.2, 0.25) is 0 Å². The van der Waals surface area contributed by atoms with E-state index in [1.807, 2.05) is 0 Å². The molecule has 1 aliphatic rings. The molecule has 1 heterocycles. The van der Waals surface area contributed by atoms with E-state index in [0.29, 0.717) is 6.42 Å². The van der Waals surface area contributed by atoms with Gasteiger partial charge in [0.25, 0.3) is 0 Å². The zero-order chi connectivity index (χ0) is 16.6. The van der Waals surface area contributed by atoms with Crippen LogP contribution >= 0.6 is 0 Å². The summed E-state index contributed by atoms with van der Waals surface area (Å²) in [5.74, 6) is 0. The van der Waals surface area contributed by atoms with Crippen molar-refractivity contribution in [1.82, 2.24) is 4.90 Å². The minimum absolute atomic E-state index is 0.505. The molecule has 2 aromatic rings. The molecule has 24 heavy (non-hydrogen) atoms. The van der Waals surface area contributed by atoms with Gasteiger partial charge in [-0.2, -0.15) is 0 Å². The second-order valence-electron chi connectivity index (χ2n) is 6.39. The quantitative estimate of drug-likeness (QED) is 0.734. The average Bonchev–Trinajstić information content (AvgIpc) is 2.63. The Hall–Kier alpha value is -1.97. The Kier molecular flexibility index (Phi) is 6.16. The highest BCUT2D eigenvalue weighted by Crippen LogP contribution is 2.12. The van der Waals surface area contributed by atoms with E-state index < -0.39 is 0 Å². The normalized spacial score (nSPS) is 15.3. The monoisotopic (exact) mass is 323 g/mol. The van der Waals surface area contributed by atoms with Gasteiger partial charge in [-0.3, -0.25) is 4.90 Å². The number of aryl methyl sites for hydroxylation is 2. The zero-order valence-electron chi connectivity index (χ0n) is 14.1. The first-order valence-corrected chi connectivity index (χ1v) is 8.73. The maximum absolute atomic E-state index is 10.5. The SMILES string of the molecule is O=CCc1ccc(CCc2ccc(CN3CCOCC3)cc2)cc1. The number of rotatable bonds is 7. The van der Waals surface area contributed by atoms with E-state index >= 15 is 0 Å². The molecule has 0 aromatic heterocycles. The molecule has 0 unspecified atom stereocenters. The van der Waals surface area contributed by atoms with E-state index in [9.17, 15) is 4.79 Å². The van der Waals surface area contributed by atoms with Crippen molar-refractivity contribution in [1.29, 1.82) is 0 Å². The van der Waals surface area contributed by atoms with Crippen LogP contribution in [-0.4, -0.2) is 37.5 Å². The topological polar surface area (TPSA) is 29.5 Å². The minimum Gasteiger partial charge on any atom is -0.379 e. The number of carbonyl (C=O) groups excluding carboxylic acids is 1. The molecule has 0 aliphatic carbocycles. The molecule has 1 aliphatic heterocycles. The smallest absolute Gasteiger partial charge is 0.124 e. The van der Waals surface area contributed by atoms with Crippen molar-refractivity contribution in [2.75, 3.05) is 26.3 Å². The highest BCUT2D eigenvalue weighted by Gasteiger charge is 2.10. The molecule has 0 radical (unpaired) electrons. The van der Waals surface area contributed by atoms with Crippen LogP contribution in [0.15, 0.2) is 48.5 Å². The van der Waals surface area contributed by atoms with E-state index in [2.05, 4.69) is 53.4 Å². The predicted octanol–water partition coefficient (Wildman–Crippen LogP) is 3.05. The second-order valence-corrected chi connectivity index (χ2v) is 6.39. The van der Waals surface area contributed by atoms with Gasteiger partial charge in [-0.15, -0.1) is 0 Å². The Labute approximate surface area is 144 Å². The number of hydrogen-bond acceptors (Lipinski definition) is 3. The summed E-state index contributed by atoms with van der Waals surface area (Å²) in [6.07, 6.45) is 3.54. The number of ether oxygens (including phenoxy) is 1. The molecule has 1 fully saturated rings. The molecule has 0 saturated carbocycles. The van der Waals surface area contributed by atoms with Gasteiger partial charge in [0.2, 0.25) is 0 Å². The molecule has 3 heteroatoms. The van der Waals surface area contributed by atoms with Crippen LogP contribution in [0.5, 0.6) is 0 Å². The number of carbonyl (C=O) groups is 1. The van der Waals surface area contributed by atoms with Crippen LogP contribution in [0.4, 0.5) is 0 Å². The molecule has 0 amide bonds. The molecule has 3 nitrogen and oxygen atoms in total. The van der Waals surface area contributed by atoms with Crippen LogP contribution in [0.1, 0.15) is 22.3 Å². The Balaban J connectivity index is 1.49. The molecular weight excluding hydrogens is 298 g/mol. The molecule has 3 rings (SSSR count). The summed E-state index contributed by atoms with van der Waals surface area (Å²) < 4.78 is 5.39. The number of morpholine rings is 1. The summed E-state index contributed by atoms with van der Waals surface area (Å²) in [6.45, 7) is 4.78. The minimum atomic E-state index is 0.505. The summed E-state index contributed by atoms with van der Waals surface area (Å²) >= 11 is 0. The van der Waals surface area contributed by atoms with Gasteiger partial charge in [-0.05, 0) is 35.1 Å². The van der Waals surface area contributed by atoms with Crippen LogP contribution in [-0.2, 0) is 35.3 Å². The molecule has 0 bridgehead atoms. The molecule has 0 N–H and O–H groups in total. The van der Waals surface area contributed by atoms with Crippen molar-refractivity contribution < 1.29 is 9.53 Å². The lowest BCUT2D eigenvalue weighted by Crippen LogP contribution is -2.35. The highest BCUT2D eigenvalue weighted by molar-refractivity contribution is 5.54. The lowest BCUT2D eigenvalue weighted by Gasteiger charge is -2.26. The van der Waals surface area contributed by atoms with Gasteiger partial charge in [0.05, 0.1) is 13.2 Å². The first-order chi connectivity index (χ1) is 11.8. The fraction of sp³-hybridized carbons (Fsp3) is 0.381. The standard InChI is InChI=1S/C21H25NO2/c23-14-11-20-5-3-18(4-6-20)1-2-19-7-9-21(10-8-19)17-22-12-15-24-16-13-22/h3-10,14H,1-2,11-13,15-17H2. The van der Waals surface area contributed by atoms with E-state index in [1.54, 1.807) is 0 Å². The van der Waals surface area contributed by atoms with Crippen LogP contribution in [0.25, 0.3) is 0 Å². The third-order valence-electron chi connectivity index (χ3n) is 4.58. The van der Waals surface area contributed by atoms with Gasteiger partial charge in [0.1, 0.15) is 6.29 Å². The first kappa shape index (κ1) is 16.9. The Morgan fingerprint density at radius 1 is 0.792 bits per heavy atom. The van der Waals surface area contributed by atoms with Crippen molar-refractivity contribution in [3.63, 3.8) is 0 Å². The molecule has 0 spiro atoms. The van der Waals surface area contributed by atoms with Gasteiger partial charge in [0.15, 0.2) is 0 Å². The van der Waals surface area contributed by atoms with Gasteiger partial charge >= 0.3 is 0 Å². The molecule has 0 atom stereocenters. The highest BCUT2D eigenvalue weighted by atomic mass is 16.5. The van der Waals surface area contributed by atoms with Gasteiger partial charge in [0, 0.05) is 26.1 Å². The Morgan fingerprint density at radius 2 is 1.29 bits per heavy atom. The van der Waals surface area contributed by atoms with Crippen molar-refractivity contribution in [3.05, 3.63) is 70.8 Å². The molecule has 126 valence electrons. The Morgan fingerprint density at radius 3 is 1.83 bits per heavy atom. The van der Waals surface area contributed by atoms with Crippen molar-refractivity contribution in [3.8, 4) is 0 Å². The summed E-state index contributed by atoms with van der Waals surface area (Å²) in [7, 11) is 0. The third kappa shape index (κ3) is 5.02.